The van der Waals surface area contributed by atoms with E-state index in [0.29, 0.717) is 25.0 Å². The Morgan fingerprint density at radius 3 is 2.62 bits per heavy atom. The summed E-state index contributed by atoms with van der Waals surface area (Å²) in [6.45, 7) is 1.24. The number of fused-ring (bicyclic) bond motifs is 2. The van der Waals surface area contributed by atoms with Crippen molar-refractivity contribution in [2.75, 3.05) is 31.4 Å². The highest BCUT2D eigenvalue weighted by Gasteiger charge is 2.27. The molecule has 0 aliphatic heterocycles. The highest BCUT2D eigenvalue weighted by Crippen LogP contribution is 2.37. The quantitative estimate of drug-likeness (QED) is 0.280. The van der Waals surface area contributed by atoms with Crippen LogP contribution in [0.1, 0.15) is 31.7 Å². The summed E-state index contributed by atoms with van der Waals surface area (Å²) in [5.74, 6) is 0.427. The Bertz CT molecular complexity index is 1470. The number of benzene rings is 2. The number of para-hydroxylation sites is 2. The lowest BCUT2D eigenvalue weighted by Gasteiger charge is -2.28. The van der Waals surface area contributed by atoms with Crippen molar-refractivity contribution < 1.29 is 13.9 Å². The summed E-state index contributed by atoms with van der Waals surface area (Å²) >= 11 is 0. The third-order valence-electron chi connectivity index (χ3n) is 6.85. The number of aromatic nitrogens is 5. The molecule has 2 aromatic carbocycles. The first kappa shape index (κ1) is 23.4. The van der Waals surface area contributed by atoms with Gasteiger partial charge in [0.15, 0.2) is 11.2 Å². The first-order valence-electron chi connectivity index (χ1n) is 12.5. The van der Waals surface area contributed by atoms with Gasteiger partial charge < -0.3 is 24.9 Å². The van der Waals surface area contributed by atoms with E-state index in [9.17, 15) is 0 Å². The van der Waals surface area contributed by atoms with Crippen LogP contribution in [-0.4, -0.2) is 51.2 Å². The minimum atomic E-state index is 0.230. The van der Waals surface area contributed by atoms with Crippen LogP contribution >= 0.6 is 0 Å². The smallest absolute Gasteiger partial charge is 0.300 e. The molecule has 1 aliphatic rings. The maximum absolute atomic E-state index is 6.33. The summed E-state index contributed by atoms with van der Waals surface area (Å²) in [5.41, 5.74) is 11.2. The molecule has 0 bridgehead atoms. The lowest BCUT2D eigenvalue weighted by atomic mass is 9.93. The van der Waals surface area contributed by atoms with E-state index in [-0.39, 0.29) is 12.1 Å². The molecule has 0 radical (unpaired) electrons. The molecule has 10 nitrogen and oxygen atoms in total. The van der Waals surface area contributed by atoms with Gasteiger partial charge in [-0.3, -0.25) is 0 Å². The van der Waals surface area contributed by atoms with Gasteiger partial charge in [-0.15, -0.1) is 0 Å². The SMILES string of the molecule is COCCOC1CCC(n2nc(-c3ccc(Nc4nc5ccccc5o4)cc3)c3c(N)ncnc32)CC1. The molecular weight excluding hydrogens is 470 g/mol. The Balaban J connectivity index is 1.24. The summed E-state index contributed by atoms with van der Waals surface area (Å²) in [5, 5.41) is 9.01. The Kier molecular flexibility index (Phi) is 6.42. The van der Waals surface area contributed by atoms with Gasteiger partial charge in [-0.05, 0) is 49.9 Å². The summed E-state index contributed by atoms with van der Waals surface area (Å²) in [7, 11) is 1.69. The van der Waals surface area contributed by atoms with Crippen LogP contribution in [0.2, 0.25) is 0 Å². The number of oxazole rings is 1. The van der Waals surface area contributed by atoms with Gasteiger partial charge in [0.25, 0.3) is 6.01 Å². The van der Waals surface area contributed by atoms with Crippen molar-refractivity contribution in [1.29, 1.82) is 0 Å². The number of nitrogen functional groups attached to an aromatic ring is 1. The minimum absolute atomic E-state index is 0.230. The average molecular weight is 500 g/mol. The molecule has 37 heavy (non-hydrogen) atoms. The maximum atomic E-state index is 6.33. The number of rotatable bonds is 8. The number of hydrogen-bond donors (Lipinski definition) is 2. The predicted molar refractivity (Wildman–Crippen MR) is 142 cm³/mol. The molecule has 0 spiro atoms. The van der Waals surface area contributed by atoms with E-state index in [4.69, 9.17) is 24.7 Å². The first-order chi connectivity index (χ1) is 18.2. The number of hydrogen-bond acceptors (Lipinski definition) is 9. The van der Waals surface area contributed by atoms with Crippen molar-refractivity contribution in [1.82, 2.24) is 24.7 Å². The molecule has 190 valence electrons. The molecule has 10 heteroatoms. The monoisotopic (exact) mass is 499 g/mol. The number of ether oxygens (including phenoxy) is 2. The first-order valence-corrected chi connectivity index (χ1v) is 12.5. The molecule has 0 unspecified atom stereocenters. The highest BCUT2D eigenvalue weighted by molar-refractivity contribution is 5.98. The van der Waals surface area contributed by atoms with E-state index in [1.165, 1.54) is 6.33 Å². The van der Waals surface area contributed by atoms with Crippen molar-refractivity contribution in [2.24, 2.45) is 0 Å². The molecule has 0 atom stereocenters. The molecule has 6 rings (SSSR count). The van der Waals surface area contributed by atoms with E-state index >= 15 is 0 Å². The van der Waals surface area contributed by atoms with Crippen LogP contribution < -0.4 is 11.1 Å². The van der Waals surface area contributed by atoms with Gasteiger partial charge in [0.2, 0.25) is 0 Å². The normalized spacial score (nSPS) is 18.0. The topological polar surface area (TPSA) is 126 Å². The van der Waals surface area contributed by atoms with Crippen molar-refractivity contribution >= 4 is 39.7 Å². The Morgan fingerprint density at radius 2 is 1.84 bits per heavy atom. The van der Waals surface area contributed by atoms with Crippen LogP contribution in [0, 0.1) is 0 Å². The lowest BCUT2D eigenvalue weighted by molar-refractivity contribution is -0.00691. The van der Waals surface area contributed by atoms with E-state index < -0.39 is 0 Å². The van der Waals surface area contributed by atoms with Gasteiger partial charge in [0.1, 0.15) is 23.4 Å². The van der Waals surface area contributed by atoms with E-state index in [1.54, 1.807) is 7.11 Å². The van der Waals surface area contributed by atoms with Gasteiger partial charge in [-0.1, -0.05) is 24.3 Å². The second kappa shape index (κ2) is 10.2. The third-order valence-corrected chi connectivity index (χ3v) is 6.85. The summed E-state index contributed by atoms with van der Waals surface area (Å²) in [6.07, 6.45) is 5.64. The maximum Gasteiger partial charge on any atom is 0.300 e. The van der Waals surface area contributed by atoms with Gasteiger partial charge in [-0.2, -0.15) is 10.1 Å². The van der Waals surface area contributed by atoms with Gasteiger partial charge >= 0.3 is 0 Å². The van der Waals surface area contributed by atoms with Crippen LogP contribution in [0.15, 0.2) is 59.3 Å². The second-order valence-corrected chi connectivity index (χ2v) is 9.23. The molecule has 1 fully saturated rings. The standard InChI is InChI=1S/C27H29N7O3/c1-35-14-15-36-20-12-10-19(11-13-20)34-26-23(25(28)29-16-30-26)24(33-34)17-6-8-18(9-7-17)31-27-32-21-4-2-3-5-22(21)37-27/h2-9,16,19-20H,10-15H2,1H3,(H,31,32)(H2,28,29,30). The third kappa shape index (κ3) is 4.73. The number of anilines is 3. The lowest BCUT2D eigenvalue weighted by Crippen LogP contribution is -2.25. The number of nitrogens with zero attached hydrogens (tertiary/aromatic N) is 5. The van der Waals surface area contributed by atoms with Crippen molar-refractivity contribution in [3.8, 4) is 11.3 Å². The number of nitrogens with one attached hydrogen (secondary N) is 1. The fraction of sp³-hybridized carbons (Fsp3) is 0.333. The van der Waals surface area contributed by atoms with Gasteiger partial charge in [0, 0.05) is 18.4 Å². The zero-order valence-electron chi connectivity index (χ0n) is 20.6. The van der Waals surface area contributed by atoms with Crippen LogP contribution in [0.25, 0.3) is 33.4 Å². The molecule has 1 saturated carbocycles. The fourth-order valence-electron chi connectivity index (χ4n) is 4.97. The molecular formula is C27H29N7O3. The van der Waals surface area contributed by atoms with Crippen LogP contribution in [0.5, 0.6) is 0 Å². The molecule has 1 aliphatic carbocycles. The molecule has 0 amide bonds. The molecule has 5 aromatic rings. The molecule has 3 N–H and O–H groups in total. The van der Waals surface area contributed by atoms with Crippen LogP contribution in [0.4, 0.5) is 17.5 Å². The Morgan fingerprint density at radius 1 is 1.03 bits per heavy atom. The fourth-order valence-corrected chi connectivity index (χ4v) is 4.97. The van der Waals surface area contributed by atoms with Crippen molar-refractivity contribution in [3.05, 3.63) is 54.9 Å². The van der Waals surface area contributed by atoms with Crippen LogP contribution in [-0.2, 0) is 9.47 Å². The van der Waals surface area contributed by atoms with E-state index in [1.807, 2.05) is 53.2 Å². The van der Waals surface area contributed by atoms with E-state index in [0.717, 1.165) is 64.8 Å². The predicted octanol–water partition coefficient (Wildman–Crippen LogP) is 5.11. The van der Waals surface area contributed by atoms with Crippen molar-refractivity contribution in [3.63, 3.8) is 0 Å². The Hall–Kier alpha value is -4.02. The van der Waals surface area contributed by atoms with Gasteiger partial charge in [-0.25, -0.2) is 14.6 Å². The van der Waals surface area contributed by atoms with Gasteiger partial charge in [0.05, 0.1) is 30.7 Å². The summed E-state index contributed by atoms with van der Waals surface area (Å²) in [6, 6.07) is 16.3. The number of methoxy groups -OCH3 is 1. The summed E-state index contributed by atoms with van der Waals surface area (Å²) < 4.78 is 18.8. The minimum Gasteiger partial charge on any atom is -0.423 e. The zero-order chi connectivity index (χ0) is 25.2. The second-order valence-electron chi connectivity index (χ2n) is 9.23. The number of nitrogens with two attached hydrogens (primary N) is 1. The largest absolute Gasteiger partial charge is 0.423 e. The van der Waals surface area contributed by atoms with Crippen molar-refractivity contribution in [2.45, 2.75) is 37.8 Å². The van der Waals surface area contributed by atoms with Crippen LogP contribution in [0.3, 0.4) is 0 Å². The van der Waals surface area contributed by atoms with E-state index in [2.05, 4.69) is 20.3 Å². The zero-order valence-corrected chi connectivity index (χ0v) is 20.6. The highest BCUT2D eigenvalue weighted by atomic mass is 16.5. The average Bonchev–Trinajstić information content (AvgIpc) is 3.52. The molecule has 3 aromatic heterocycles. The molecule has 0 saturated heterocycles. The molecule has 3 heterocycles. The summed E-state index contributed by atoms with van der Waals surface area (Å²) in [4.78, 5) is 13.3. The Labute approximate surface area is 213 Å².